The first-order valence-corrected chi connectivity index (χ1v) is 9.19. The number of aliphatic carboxylic acids is 1. The summed E-state index contributed by atoms with van der Waals surface area (Å²) in [7, 11) is 0. The van der Waals surface area contributed by atoms with Crippen molar-refractivity contribution in [2.75, 3.05) is 0 Å². The number of hydrogen-bond acceptors (Lipinski definition) is 3. The number of fused-ring (bicyclic) bond motifs is 1. The molecule has 1 aliphatic rings. The van der Waals surface area contributed by atoms with Gasteiger partial charge in [-0.2, -0.15) is 0 Å². The molecule has 2 N–H and O–H groups in total. The second kappa shape index (κ2) is 7.44. The Balaban J connectivity index is 1.65. The number of nitrogens with one attached hydrogen (secondary N) is 1. The third kappa shape index (κ3) is 3.72. The van der Waals surface area contributed by atoms with E-state index in [-0.39, 0.29) is 18.8 Å². The second-order valence-corrected chi connectivity index (χ2v) is 7.07. The largest absolute Gasteiger partial charge is 0.480 e. The number of benzene rings is 2. The maximum Gasteiger partial charge on any atom is 0.329 e. The molecular formula is C21H16ClN3O4. The fourth-order valence-corrected chi connectivity index (χ4v) is 3.44. The van der Waals surface area contributed by atoms with E-state index < -0.39 is 17.9 Å². The zero-order valence-electron chi connectivity index (χ0n) is 15.1. The van der Waals surface area contributed by atoms with Crippen LogP contribution in [0.3, 0.4) is 0 Å². The van der Waals surface area contributed by atoms with E-state index in [1.165, 1.54) is 0 Å². The van der Waals surface area contributed by atoms with Gasteiger partial charge in [-0.1, -0.05) is 41.9 Å². The number of para-hydroxylation sites is 1. The maximum absolute atomic E-state index is 12.8. The molecule has 29 heavy (non-hydrogen) atoms. The minimum absolute atomic E-state index is 0.125. The SMILES string of the molecule is O=C(O)Cn1cc(/C=C2\NC(=O)N(Cc3ccc(Cl)cc3)C2=O)c2ccccc21. The van der Waals surface area contributed by atoms with E-state index >= 15 is 0 Å². The Hall–Kier alpha value is -3.58. The van der Waals surface area contributed by atoms with Gasteiger partial charge in [0.2, 0.25) is 0 Å². The first-order chi connectivity index (χ1) is 13.9. The van der Waals surface area contributed by atoms with Gasteiger partial charge in [-0.3, -0.25) is 14.5 Å². The summed E-state index contributed by atoms with van der Waals surface area (Å²) in [5.74, 6) is -1.41. The van der Waals surface area contributed by atoms with Crippen molar-refractivity contribution in [2.45, 2.75) is 13.1 Å². The molecule has 2 heterocycles. The van der Waals surface area contributed by atoms with Crippen LogP contribution in [0.5, 0.6) is 0 Å². The highest BCUT2D eigenvalue weighted by molar-refractivity contribution is 6.30. The average Bonchev–Trinajstić information content (AvgIpc) is 3.16. The van der Waals surface area contributed by atoms with Crippen LogP contribution in [-0.2, 0) is 22.7 Å². The Bertz CT molecular complexity index is 1160. The lowest BCUT2D eigenvalue weighted by molar-refractivity contribution is -0.137. The molecule has 1 aliphatic heterocycles. The van der Waals surface area contributed by atoms with Crippen molar-refractivity contribution in [2.24, 2.45) is 0 Å². The third-order valence-corrected chi connectivity index (χ3v) is 4.89. The Morgan fingerprint density at radius 3 is 2.55 bits per heavy atom. The van der Waals surface area contributed by atoms with Crippen molar-refractivity contribution >= 4 is 46.5 Å². The van der Waals surface area contributed by atoms with Crippen LogP contribution in [0.2, 0.25) is 5.02 Å². The molecule has 3 aromatic rings. The van der Waals surface area contributed by atoms with Crippen molar-refractivity contribution < 1.29 is 19.5 Å². The summed E-state index contributed by atoms with van der Waals surface area (Å²) >= 11 is 5.87. The average molecular weight is 410 g/mol. The van der Waals surface area contributed by atoms with Gasteiger partial charge in [-0.05, 0) is 29.8 Å². The number of aromatic nitrogens is 1. The minimum Gasteiger partial charge on any atom is -0.480 e. The van der Waals surface area contributed by atoms with E-state index in [1.54, 1.807) is 41.1 Å². The smallest absolute Gasteiger partial charge is 0.329 e. The monoisotopic (exact) mass is 409 g/mol. The number of rotatable bonds is 5. The lowest BCUT2D eigenvalue weighted by atomic mass is 10.1. The van der Waals surface area contributed by atoms with E-state index in [9.17, 15) is 14.4 Å². The highest BCUT2D eigenvalue weighted by Gasteiger charge is 2.33. The van der Waals surface area contributed by atoms with Gasteiger partial charge >= 0.3 is 12.0 Å². The molecule has 7 nitrogen and oxygen atoms in total. The van der Waals surface area contributed by atoms with Crippen LogP contribution in [0, 0.1) is 0 Å². The standard InChI is InChI=1S/C21H16ClN3O4/c22-15-7-5-13(6-8-15)10-25-20(28)17(23-21(25)29)9-14-11-24(12-19(26)27)18-4-2-1-3-16(14)18/h1-9,11H,10,12H2,(H,23,29)(H,26,27)/b17-9-. The lowest BCUT2D eigenvalue weighted by Crippen LogP contribution is -2.30. The normalized spacial score (nSPS) is 15.3. The molecular weight excluding hydrogens is 394 g/mol. The topological polar surface area (TPSA) is 91.6 Å². The van der Waals surface area contributed by atoms with Gasteiger partial charge in [0.05, 0.1) is 6.54 Å². The molecule has 1 saturated heterocycles. The van der Waals surface area contributed by atoms with Gasteiger partial charge in [0.15, 0.2) is 0 Å². The second-order valence-electron chi connectivity index (χ2n) is 6.63. The number of carbonyl (C=O) groups is 3. The summed E-state index contributed by atoms with van der Waals surface area (Å²) < 4.78 is 1.59. The van der Waals surface area contributed by atoms with Gasteiger partial charge in [0.1, 0.15) is 12.2 Å². The van der Waals surface area contributed by atoms with Crippen molar-refractivity contribution in [3.05, 3.63) is 76.6 Å². The molecule has 3 amide bonds. The molecule has 0 spiro atoms. The van der Waals surface area contributed by atoms with E-state index in [1.807, 2.05) is 24.3 Å². The number of nitrogens with zero attached hydrogens (tertiary/aromatic N) is 2. The zero-order valence-corrected chi connectivity index (χ0v) is 15.9. The number of amides is 3. The van der Waals surface area contributed by atoms with E-state index in [4.69, 9.17) is 16.7 Å². The molecule has 0 unspecified atom stereocenters. The zero-order chi connectivity index (χ0) is 20.5. The highest BCUT2D eigenvalue weighted by atomic mass is 35.5. The lowest BCUT2D eigenvalue weighted by Gasteiger charge is -2.11. The fraction of sp³-hybridized carbons (Fsp3) is 0.0952. The summed E-state index contributed by atoms with van der Waals surface area (Å²) in [4.78, 5) is 37.3. The third-order valence-electron chi connectivity index (χ3n) is 4.64. The Morgan fingerprint density at radius 1 is 1.10 bits per heavy atom. The van der Waals surface area contributed by atoms with Gasteiger partial charge in [-0.15, -0.1) is 0 Å². The molecule has 0 aliphatic carbocycles. The van der Waals surface area contributed by atoms with Crippen LogP contribution in [0.4, 0.5) is 4.79 Å². The number of carboxylic acids is 1. The molecule has 2 aromatic carbocycles. The number of imide groups is 1. The van der Waals surface area contributed by atoms with Crippen LogP contribution in [0.25, 0.3) is 17.0 Å². The van der Waals surface area contributed by atoms with Crippen molar-refractivity contribution in [3.63, 3.8) is 0 Å². The van der Waals surface area contributed by atoms with Crippen molar-refractivity contribution in [3.8, 4) is 0 Å². The first-order valence-electron chi connectivity index (χ1n) is 8.81. The molecule has 8 heteroatoms. The summed E-state index contributed by atoms with van der Waals surface area (Å²) in [5, 5.41) is 13.1. The van der Waals surface area contributed by atoms with Gasteiger partial charge in [0, 0.05) is 27.7 Å². The Kier molecular flexibility index (Phi) is 4.82. The Labute approximate surface area is 170 Å². The van der Waals surface area contributed by atoms with Crippen LogP contribution < -0.4 is 5.32 Å². The van der Waals surface area contributed by atoms with E-state index in [2.05, 4.69) is 5.32 Å². The number of halogens is 1. The molecule has 4 rings (SSSR count). The van der Waals surface area contributed by atoms with Crippen LogP contribution >= 0.6 is 11.6 Å². The number of carboxylic acid groups (broad SMARTS) is 1. The minimum atomic E-state index is -0.968. The van der Waals surface area contributed by atoms with Crippen LogP contribution in [0.15, 0.2) is 60.4 Å². The summed E-state index contributed by atoms with van der Waals surface area (Å²) in [6.45, 7) is -0.0768. The highest BCUT2D eigenvalue weighted by Crippen LogP contribution is 2.25. The van der Waals surface area contributed by atoms with Gasteiger partial charge in [-0.25, -0.2) is 4.79 Å². The van der Waals surface area contributed by atoms with E-state index in [0.717, 1.165) is 21.4 Å². The maximum atomic E-state index is 12.8. The van der Waals surface area contributed by atoms with Crippen molar-refractivity contribution in [1.82, 2.24) is 14.8 Å². The fourth-order valence-electron chi connectivity index (χ4n) is 3.31. The number of carbonyl (C=O) groups excluding carboxylic acids is 2. The molecule has 1 fully saturated rings. The Morgan fingerprint density at radius 2 is 1.83 bits per heavy atom. The summed E-state index contributed by atoms with van der Waals surface area (Å²) in [6.07, 6.45) is 3.23. The molecule has 0 atom stereocenters. The molecule has 1 aromatic heterocycles. The van der Waals surface area contributed by atoms with Crippen LogP contribution in [-0.4, -0.2) is 32.5 Å². The predicted octanol–water partition coefficient (Wildman–Crippen LogP) is 3.47. The molecule has 0 bridgehead atoms. The quantitative estimate of drug-likeness (QED) is 0.498. The molecule has 146 valence electrons. The summed E-state index contributed by atoms with van der Waals surface area (Å²) in [6, 6.07) is 13.7. The van der Waals surface area contributed by atoms with Crippen molar-refractivity contribution in [1.29, 1.82) is 0 Å². The molecule has 0 radical (unpaired) electrons. The van der Waals surface area contributed by atoms with E-state index in [0.29, 0.717) is 10.6 Å². The number of hydrogen-bond donors (Lipinski definition) is 2. The van der Waals surface area contributed by atoms with Crippen LogP contribution in [0.1, 0.15) is 11.1 Å². The number of urea groups is 1. The summed E-state index contributed by atoms with van der Waals surface area (Å²) in [5.41, 5.74) is 2.30. The van der Waals surface area contributed by atoms with Gasteiger partial charge in [0.25, 0.3) is 5.91 Å². The molecule has 0 saturated carbocycles. The predicted molar refractivity (Wildman–Crippen MR) is 108 cm³/mol. The first kappa shape index (κ1) is 18.8. The van der Waals surface area contributed by atoms with Gasteiger partial charge < -0.3 is 15.0 Å².